The van der Waals surface area contributed by atoms with E-state index in [0.29, 0.717) is 33.0 Å². The van der Waals surface area contributed by atoms with E-state index in [1.165, 1.54) is 0 Å². The van der Waals surface area contributed by atoms with Crippen LogP contribution in [0.15, 0.2) is 66.7 Å². The van der Waals surface area contributed by atoms with Gasteiger partial charge in [0.15, 0.2) is 11.5 Å². The van der Waals surface area contributed by atoms with Crippen molar-refractivity contribution in [3.05, 3.63) is 76.8 Å². The van der Waals surface area contributed by atoms with Gasteiger partial charge in [-0.05, 0) is 60.7 Å². The third-order valence-electron chi connectivity index (χ3n) is 3.04. The van der Waals surface area contributed by atoms with Crippen LogP contribution >= 0.6 is 23.2 Å². The first-order chi connectivity index (χ1) is 11.1. The standard InChI is InChI=1S/C18H12Cl2O3/c19-12-4-8-14(9-5-12)22-16-2-1-3-17(18(16)21)23-15-10-6-13(20)7-11-15/h1-11,21H. The van der Waals surface area contributed by atoms with Crippen LogP contribution in [0, 0.1) is 0 Å². The fraction of sp³-hybridized carbons (Fsp3) is 0. The normalized spacial score (nSPS) is 10.3. The van der Waals surface area contributed by atoms with E-state index in [1.54, 1.807) is 66.7 Å². The van der Waals surface area contributed by atoms with E-state index >= 15 is 0 Å². The molecule has 3 rings (SSSR count). The van der Waals surface area contributed by atoms with Crippen molar-refractivity contribution >= 4 is 23.2 Å². The highest BCUT2D eigenvalue weighted by Crippen LogP contribution is 2.40. The summed E-state index contributed by atoms with van der Waals surface area (Å²) in [5.74, 6) is 1.62. The summed E-state index contributed by atoms with van der Waals surface area (Å²) < 4.78 is 11.3. The maximum atomic E-state index is 10.3. The number of phenolic OH excluding ortho intramolecular Hbond substituents is 1. The molecule has 1 N–H and O–H groups in total. The first-order valence-corrected chi connectivity index (χ1v) is 7.56. The molecule has 0 spiro atoms. The van der Waals surface area contributed by atoms with Crippen LogP contribution in [0.4, 0.5) is 0 Å². The number of rotatable bonds is 4. The van der Waals surface area contributed by atoms with Crippen LogP contribution in [-0.2, 0) is 0 Å². The minimum absolute atomic E-state index is 0.0857. The maximum absolute atomic E-state index is 10.3. The molecule has 0 bridgehead atoms. The highest BCUT2D eigenvalue weighted by molar-refractivity contribution is 6.30. The molecular formula is C18H12Cl2O3. The molecule has 0 amide bonds. The number of ether oxygens (including phenoxy) is 2. The summed E-state index contributed by atoms with van der Waals surface area (Å²) >= 11 is 11.7. The quantitative estimate of drug-likeness (QED) is 0.603. The van der Waals surface area contributed by atoms with Gasteiger partial charge in [0.05, 0.1) is 0 Å². The molecule has 116 valence electrons. The lowest BCUT2D eigenvalue weighted by atomic mass is 10.3. The van der Waals surface area contributed by atoms with Gasteiger partial charge in [0, 0.05) is 10.0 Å². The van der Waals surface area contributed by atoms with Gasteiger partial charge in [-0.3, -0.25) is 0 Å². The molecule has 0 radical (unpaired) electrons. The van der Waals surface area contributed by atoms with E-state index in [2.05, 4.69) is 0 Å². The van der Waals surface area contributed by atoms with Crippen molar-refractivity contribution in [2.75, 3.05) is 0 Å². The van der Waals surface area contributed by atoms with E-state index < -0.39 is 0 Å². The molecular weight excluding hydrogens is 335 g/mol. The zero-order chi connectivity index (χ0) is 16.2. The van der Waals surface area contributed by atoms with Gasteiger partial charge in [-0.1, -0.05) is 29.3 Å². The number of aromatic hydroxyl groups is 1. The summed E-state index contributed by atoms with van der Waals surface area (Å²) in [4.78, 5) is 0. The number of benzene rings is 3. The summed E-state index contributed by atoms with van der Waals surface area (Å²) in [5.41, 5.74) is 0. The third-order valence-corrected chi connectivity index (χ3v) is 3.55. The molecule has 0 saturated carbocycles. The SMILES string of the molecule is Oc1c(Oc2ccc(Cl)cc2)cccc1Oc1ccc(Cl)cc1. The Morgan fingerprint density at radius 1 is 0.609 bits per heavy atom. The van der Waals surface area contributed by atoms with Gasteiger partial charge in [-0.15, -0.1) is 0 Å². The van der Waals surface area contributed by atoms with Gasteiger partial charge in [0.25, 0.3) is 0 Å². The lowest BCUT2D eigenvalue weighted by Gasteiger charge is -2.12. The molecule has 0 aliphatic carbocycles. The predicted octanol–water partition coefficient (Wildman–Crippen LogP) is 6.28. The molecule has 3 nitrogen and oxygen atoms in total. The van der Waals surface area contributed by atoms with Crippen LogP contribution in [0.2, 0.25) is 10.0 Å². The van der Waals surface area contributed by atoms with Crippen LogP contribution < -0.4 is 9.47 Å². The molecule has 3 aromatic rings. The fourth-order valence-electron chi connectivity index (χ4n) is 1.93. The Morgan fingerprint density at radius 2 is 1.00 bits per heavy atom. The minimum atomic E-state index is -0.0857. The zero-order valence-electron chi connectivity index (χ0n) is 11.9. The van der Waals surface area contributed by atoms with Gasteiger partial charge in [-0.25, -0.2) is 0 Å². The summed E-state index contributed by atoms with van der Waals surface area (Å²) in [6.07, 6.45) is 0. The molecule has 0 unspecified atom stereocenters. The van der Waals surface area contributed by atoms with E-state index in [0.717, 1.165) is 0 Å². The number of halogens is 2. The van der Waals surface area contributed by atoms with Crippen LogP contribution in [0.1, 0.15) is 0 Å². The van der Waals surface area contributed by atoms with Crippen LogP contribution in [-0.4, -0.2) is 5.11 Å². The number of para-hydroxylation sites is 1. The average molecular weight is 347 g/mol. The minimum Gasteiger partial charge on any atom is -0.502 e. The Kier molecular flexibility index (Phi) is 4.60. The van der Waals surface area contributed by atoms with Crippen molar-refractivity contribution in [1.29, 1.82) is 0 Å². The van der Waals surface area contributed by atoms with Crippen molar-refractivity contribution in [3.63, 3.8) is 0 Å². The number of hydrogen-bond acceptors (Lipinski definition) is 3. The van der Waals surface area contributed by atoms with Gasteiger partial charge in [-0.2, -0.15) is 0 Å². The zero-order valence-corrected chi connectivity index (χ0v) is 13.4. The average Bonchev–Trinajstić information content (AvgIpc) is 2.55. The Bertz CT molecular complexity index is 734. The van der Waals surface area contributed by atoms with Gasteiger partial charge < -0.3 is 14.6 Å². The van der Waals surface area contributed by atoms with Gasteiger partial charge in [0.2, 0.25) is 5.75 Å². The van der Waals surface area contributed by atoms with Crippen molar-refractivity contribution < 1.29 is 14.6 Å². The van der Waals surface area contributed by atoms with Crippen molar-refractivity contribution in [1.82, 2.24) is 0 Å². The predicted molar refractivity (Wildman–Crippen MR) is 91.2 cm³/mol. The fourth-order valence-corrected chi connectivity index (χ4v) is 2.18. The molecule has 0 aromatic heterocycles. The van der Waals surface area contributed by atoms with Crippen LogP contribution in [0.5, 0.6) is 28.7 Å². The molecule has 5 heteroatoms. The van der Waals surface area contributed by atoms with Crippen LogP contribution in [0.3, 0.4) is 0 Å². The Labute approximate surface area is 143 Å². The highest BCUT2D eigenvalue weighted by Gasteiger charge is 2.11. The Morgan fingerprint density at radius 3 is 1.39 bits per heavy atom. The number of phenols is 1. The maximum Gasteiger partial charge on any atom is 0.202 e. The van der Waals surface area contributed by atoms with Gasteiger partial charge in [0.1, 0.15) is 11.5 Å². The molecule has 0 heterocycles. The molecule has 0 aliphatic heterocycles. The second kappa shape index (κ2) is 6.82. The second-order valence-electron chi connectivity index (χ2n) is 4.71. The smallest absolute Gasteiger partial charge is 0.202 e. The summed E-state index contributed by atoms with van der Waals surface area (Å²) in [6, 6.07) is 18.7. The number of hydrogen-bond donors (Lipinski definition) is 1. The third kappa shape index (κ3) is 3.89. The van der Waals surface area contributed by atoms with Crippen molar-refractivity contribution in [3.8, 4) is 28.7 Å². The van der Waals surface area contributed by atoms with E-state index in [-0.39, 0.29) is 5.75 Å². The van der Waals surface area contributed by atoms with E-state index in [4.69, 9.17) is 32.7 Å². The Balaban J connectivity index is 1.83. The summed E-state index contributed by atoms with van der Waals surface area (Å²) in [6.45, 7) is 0. The van der Waals surface area contributed by atoms with Gasteiger partial charge >= 0.3 is 0 Å². The summed E-state index contributed by atoms with van der Waals surface area (Å²) in [7, 11) is 0. The summed E-state index contributed by atoms with van der Waals surface area (Å²) in [5, 5.41) is 11.5. The topological polar surface area (TPSA) is 38.7 Å². The largest absolute Gasteiger partial charge is 0.502 e. The first kappa shape index (κ1) is 15.5. The van der Waals surface area contributed by atoms with E-state index in [1.807, 2.05) is 0 Å². The van der Waals surface area contributed by atoms with Crippen LogP contribution in [0.25, 0.3) is 0 Å². The lowest BCUT2D eigenvalue weighted by molar-refractivity contribution is 0.378. The molecule has 23 heavy (non-hydrogen) atoms. The monoisotopic (exact) mass is 346 g/mol. The molecule has 0 atom stereocenters. The molecule has 0 saturated heterocycles. The second-order valence-corrected chi connectivity index (χ2v) is 5.59. The van der Waals surface area contributed by atoms with E-state index in [9.17, 15) is 5.11 Å². The Hall–Kier alpha value is -2.36. The molecule has 0 fully saturated rings. The highest BCUT2D eigenvalue weighted by atomic mass is 35.5. The molecule has 0 aliphatic rings. The van der Waals surface area contributed by atoms with Crippen molar-refractivity contribution in [2.24, 2.45) is 0 Å². The molecule has 3 aromatic carbocycles. The first-order valence-electron chi connectivity index (χ1n) is 6.80. The lowest BCUT2D eigenvalue weighted by Crippen LogP contribution is -1.89. The van der Waals surface area contributed by atoms with Crippen molar-refractivity contribution in [2.45, 2.75) is 0 Å².